The number of fused-ring (bicyclic) bond motifs is 1. The van der Waals surface area contributed by atoms with Gasteiger partial charge in [0.25, 0.3) is 0 Å². The van der Waals surface area contributed by atoms with Crippen LogP contribution in [0.2, 0.25) is 0 Å². The van der Waals surface area contributed by atoms with Gasteiger partial charge in [-0.3, -0.25) is 0 Å². The molecule has 0 saturated carbocycles. The number of aliphatic hydroxyl groups is 1. The van der Waals surface area contributed by atoms with Crippen molar-refractivity contribution in [3.63, 3.8) is 0 Å². The zero-order valence-electron chi connectivity index (χ0n) is 14.5. The van der Waals surface area contributed by atoms with Crippen molar-refractivity contribution in [2.24, 2.45) is 10.7 Å². The maximum absolute atomic E-state index is 11.0. The van der Waals surface area contributed by atoms with Gasteiger partial charge in [-0.15, -0.1) is 0 Å². The highest BCUT2D eigenvalue weighted by Gasteiger charge is 2.44. The van der Waals surface area contributed by atoms with E-state index in [4.69, 9.17) is 5.73 Å². The Morgan fingerprint density at radius 1 is 1.31 bits per heavy atom. The van der Waals surface area contributed by atoms with E-state index in [-0.39, 0.29) is 5.96 Å². The lowest BCUT2D eigenvalue weighted by atomic mass is 9.82. The monoisotopic (exact) mass is 413 g/mol. The second kappa shape index (κ2) is 6.98. The van der Waals surface area contributed by atoms with E-state index in [0.29, 0.717) is 5.69 Å². The second-order valence-electron chi connectivity index (χ2n) is 6.74. The maximum atomic E-state index is 11.0. The van der Waals surface area contributed by atoms with E-state index in [9.17, 15) is 10.4 Å². The van der Waals surface area contributed by atoms with E-state index in [1.807, 2.05) is 50.2 Å². The number of rotatable bonds is 2. The largest absolute Gasteiger partial charge is 0.388 e. The molecule has 0 radical (unpaired) electrons. The van der Waals surface area contributed by atoms with Crippen molar-refractivity contribution in [3.8, 4) is 6.19 Å². The average Bonchev–Trinajstić information content (AvgIpc) is 2.60. The number of benzene rings is 2. The fourth-order valence-electron chi connectivity index (χ4n) is 3.10. The van der Waals surface area contributed by atoms with E-state index >= 15 is 0 Å². The lowest BCUT2D eigenvalue weighted by molar-refractivity contribution is 0.0486. The first-order chi connectivity index (χ1) is 12.3. The molecular weight excluding hydrogens is 394 g/mol. The normalized spacial score (nSPS) is 21.3. The Hall–Kier alpha value is -2.56. The maximum Gasteiger partial charge on any atom is 0.210 e. The molecule has 134 valence electrons. The summed E-state index contributed by atoms with van der Waals surface area (Å²) >= 11 is 3.46. The number of hydrogen-bond acceptors (Lipinski definition) is 4. The lowest BCUT2D eigenvalue weighted by Crippen LogP contribution is -2.55. The summed E-state index contributed by atoms with van der Waals surface area (Å²) in [5.41, 5.74) is 7.77. The fourth-order valence-corrected chi connectivity index (χ4v) is 3.48. The zero-order valence-corrected chi connectivity index (χ0v) is 16.1. The van der Waals surface area contributed by atoms with Gasteiger partial charge in [-0.05, 0) is 44.2 Å². The standard InChI is InChI=1S/C19H20BrN5O/c1-19(2)17(26)16(14-10-12(20)8-9-15(14)24-19)25(11-21)18(22)23-13-6-4-3-5-7-13/h3-10,16-17,24,26H,1-2H3,(H2,22,23)/t16-,17+/m0/s1. The summed E-state index contributed by atoms with van der Waals surface area (Å²) in [6, 6.07) is 14.2. The van der Waals surface area contributed by atoms with Gasteiger partial charge in [-0.2, -0.15) is 5.26 Å². The van der Waals surface area contributed by atoms with Crippen LogP contribution in [0, 0.1) is 11.5 Å². The Labute approximate surface area is 161 Å². The molecule has 1 aliphatic heterocycles. The van der Waals surface area contributed by atoms with Crippen LogP contribution in [-0.2, 0) is 0 Å². The van der Waals surface area contributed by atoms with E-state index in [2.05, 4.69) is 32.4 Å². The third kappa shape index (κ3) is 3.39. The highest BCUT2D eigenvalue weighted by Crippen LogP contribution is 2.42. The Balaban J connectivity index is 2.08. The zero-order chi connectivity index (χ0) is 18.9. The molecule has 2 atom stereocenters. The van der Waals surface area contributed by atoms with Crippen molar-refractivity contribution < 1.29 is 5.11 Å². The number of para-hydroxylation sites is 1. The van der Waals surface area contributed by atoms with Crippen LogP contribution in [0.15, 0.2) is 58.0 Å². The van der Waals surface area contributed by atoms with Crippen LogP contribution in [0.3, 0.4) is 0 Å². The summed E-state index contributed by atoms with van der Waals surface area (Å²) in [6.45, 7) is 3.77. The molecule has 1 aliphatic rings. The Kier molecular flexibility index (Phi) is 4.90. The number of anilines is 1. The number of nitrogens with zero attached hydrogens (tertiary/aromatic N) is 3. The molecule has 0 unspecified atom stereocenters. The molecule has 1 heterocycles. The van der Waals surface area contributed by atoms with Crippen LogP contribution in [-0.4, -0.2) is 27.6 Å². The first-order valence-corrected chi connectivity index (χ1v) is 8.96. The summed E-state index contributed by atoms with van der Waals surface area (Å²) in [5, 5.41) is 24.1. The number of halogens is 1. The Morgan fingerprint density at radius 2 is 2.00 bits per heavy atom. The van der Waals surface area contributed by atoms with Crippen LogP contribution in [0.5, 0.6) is 0 Å². The number of aliphatic hydroxyl groups excluding tert-OH is 1. The molecule has 0 fully saturated rings. The first kappa shape index (κ1) is 18.2. The Morgan fingerprint density at radius 3 is 2.65 bits per heavy atom. The third-order valence-electron chi connectivity index (χ3n) is 4.46. The highest BCUT2D eigenvalue weighted by atomic mass is 79.9. The molecule has 0 saturated heterocycles. The minimum Gasteiger partial charge on any atom is -0.388 e. The van der Waals surface area contributed by atoms with E-state index < -0.39 is 17.7 Å². The van der Waals surface area contributed by atoms with Crippen molar-refractivity contribution in [1.29, 1.82) is 5.26 Å². The van der Waals surface area contributed by atoms with Crippen molar-refractivity contribution in [1.82, 2.24) is 4.90 Å². The van der Waals surface area contributed by atoms with Crippen LogP contribution in [0.25, 0.3) is 0 Å². The van der Waals surface area contributed by atoms with E-state index in [1.54, 1.807) is 12.1 Å². The van der Waals surface area contributed by atoms with Crippen molar-refractivity contribution in [2.75, 3.05) is 5.32 Å². The number of guanidine groups is 1. The van der Waals surface area contributed by atoms with E-state index in [1.165, 1.54) is 4.90 Å². The van der Waals surface area contributed by atoms with Gasteiger partial charge in [-0.25, -0.2) is 9.89 Å². The summed E-state index contributed by atoms with van der Waals surface area (Å²) < 4.78 is 0.853. The predicted octanol–water partition coefficient (Wildman–Crippen LogP) is 3.48. The molecule has 2 aromatic carbocycles. The molecule has 6 nitrogen and oxygen atoms in total. The lowest BCUT2D eigenvalue weighted by Gasteiger charge is -2.45. The smallest absolute Gasteiger partial charge is 0.210 e. The summed E-state index contributed by atoms with van der Waals surface area (Å²) in [7, 11) is 0. The van der Waals surface area contributed by atoms with Crippen LogP contribution in [0.4, 0.5) is 11.4 Å². The molecular formula is C19H20BrN5O. The predicted molar refractivity (Wildman–Crippen MR) is 106 cm³/mol. The highest BCUT2D eigenvalue weighted by molar-refractivity contribution is 9.10. The van der Waals surface area contributed by atoms with Crippen molar-refractivity contribution in [2.45, 2.75) is 31.5 Å². The summed E-state index contributed by atoms with van der Waals surface area (Å²) in [5.74, 6) is 0.0337. The van der Waals surface area contributed by atoms with Crippen LogP contribution >= 0.6 is 15.9 Å². The van der Waals surface area contributed by atoms with Gasteiger partial charge in [0.2, 0.25) is 5.96 Å². The topological polar surface area (TPSA) is 97.7 Å². The number of aliphatic imine (C=N–C) groups is 1. The van der Waals surface area contributed by atoms with Crippen LogP contribution < -0.4 is 11.1 Å². The van der Waals surface area contributed by atoms with Crippen molar-refractivity contribution in [3.05, 3.63) is 58.6 Å². The van der Waals surface area contributed by atoms with Crippen molar-refractivity contribution >= 4 is 33.3 Å². The molecule has 2 aromatic rings. The molecule has 0 aromatic heterocycles. The number of hydrogen-bond donors (Lipinski definition) is 3. The summed E-state index contributed by atoms with van der Waals surface area (Å²) in [6.07, 6.45) is 1.21. The van der Waals surface area contributed by atoms with E-state index in [0.717, 1.165) is 15.7 Å². The van der Waals surface area contributed by atoms with Gasteiger partial charge in [0.1, 0.15) is 12.1 Å². The van der Waals surface area contributed by atoms with Crippen LogP contribution in [0.1, 0.15) is 25.5 Å². The molecule has 0 amide bonds. The molecule has 3 rings (SSSR count). The third-order valence-corrected chi connectivity index (χ3v) is 4.95. The number of nitrogens with two attached hydrogens (primary N) is 1. The molecule has 4 N–H and O–H groups in total. The second-order valence-corrected chi connectivity index (χ2v) is 7.66. The molecule has 0 spiro atoms. The minimum atomic E-state index is -0.881. The molecule has 7 heteroatoms. The molecule has 0 bridgehead atoms. The number of nitriles is 1. The quantitative estimate of drug-likeness (QED) is 0.303. The summed E-state index contributed by atoms with van der Waals surface area (Å²) in [4.78, 5) is 5.61. The minimum absolute atomic E-state index is 0.0337. The van der Waals surface area contributed by atoms with Gasteiger partial charge >= 0.3 is 0 Å². The van der Waals surface area contributed by atoms with Gasteiger partial charge in [0.05, 0.1) is 11.2 Å². The first-order valence-electron chi connectivity index (χ1n) is 8.17. The van der Waals surface area contributed by atoms with Gasteiger partial charge in [0.15, 0.2) is 6.19 Å². The fraction of sp³-hybridized carbons (Fsp3) is 0.263. The van der Waals surface area contributed by atoms with Gasteiger partial charge in [0, 0.05) is 15.7 Å². The number of nitrogens with one attached hydrogen (secondary N) is 1. The molecule has 0 aliphatic carbocycles. The van der Waals surface area contributed by atoms with Gasteiger partial charge < -0.3 is 16.2 Å². The SMILES string of the molecule is CC1(C)Nc2ccc(Br)cc2[C@H](N(C#N)C(N)=Nc2ccccc2)[C@H]1O. The van der Waals surface area contributed by atoms with Gasteiger partial charge in [-0.1, -0.05) is 34.1 Å². The average molecular weight is 414 g/mol. The Bertz CT molecular complexity index is 875. The molecule has 26 heavy (non-hydrogen) atoms.